The summed E-state index contributed by atoms with van der Waals surface area (Å²) in [5, 5.41) is 0. The smallest absolute Gasteiger partial charge is 0.328 e. The lowest BCUT2D eigenvalue weighted by Crippen LogP contribution is -2.40. The molecular weight excluding hydrogens is 318 g/mol. The molecule has 1 heterocycles. The normalized spacial score (nSPS) is 18.1. The molecule has 0 radical (unpaired) electrons. The van der Waals surface area contributed by atoms with Gasteiger partial charge in [-0.2, -0.15) is 0 Å². The van der Waals surface area contributed by atoms with Crippen LogP contribution in [0.5, 0.6) is 11.5 Å². The molecular formula is C20H21NO4. The molecule has 1 aliphatic heterocycles. The molecule has 2 atom stereocenters. The summed E-state index contributed by atoms with van der Waals surface area (Å²) in [5.41, 5.74) is 0.949. The lowest BCUT2D eigenvalue weighted by Gasteiger charge is -2.29. The van der Waals surface area contributed by atoms with Gasteiger partial charge < -0.3 is 14.4 Å². The minimum Gasteiger partial charge on any atom is -0.467 e. The Morgan fingerprint density at radius 1 is 1.08 bits per heavy atom. The van der Waals surface area contributed by atoms with Crippen molar-refractivity contribution in [2.75, 3.05) is 7.11 Å². The number of nitrogens with zero attached hydrogens (tertiary/aromatic N) is 1. The van der Waals surface area contributed by atoms with Gasteiger partial charge in [0.2, 0.25) is 5.91 Å². The van der Waals surface area contributed by atoms with Crippen LogP contribution in [0.3, 0.4) is 0 Å². The Balaban J connectivity index is 1.74. The van der Waals surface area contributed by atoms with Crippen molar-refractivity contribution in [2.24, 2.45) is 0 Å². The van der Waals surface area contributed by atoms with Crippen molar-refractivity contribution in [1.82, 2.24) is 4.90 Å². The third kappa shape index (κ3) is 3.65. The SMILES string of the molecule is COC(=O)C1CCC(=O)N1C(C)c1ccc(Oc2ccccc2)cc1. The average molecular weight is 339 g/mol. The van der Waals surface area contributed by atoms with E-state index >= 15 is 0 Å². The average Bonchev–Trinajstić information content (AvgIpc) is 3.03. The molecule has 1 saturated heterocycles. The summed E-state index contributed by atoms with van der Waals surface area (Å²) in [6.45, 7) is 1.92. The van der Waals surface area contributed by atoms with Gasteiger partial charge in [0, 0.05) is 6.42 Å². The number of ether oxygens (including phenoxy) is 2. The summed E-state index contributed by atoms with van der Waals surface area (Å²) in [5.74, 6) is 1.11. The number of carbonyl (C=O) groups excluding carboxylic acids is 2. The molecule has 0 saturated carbocycles. The van der Waals surface area contributed by atoms with E-state index in [2.05, 4.69) is 0 Å². The van der Waals surface area contributed by atoms with Crippen molar-refractivity contribution in [3.8, 4) is 11.5 Å². The second kappa shape index (κ2) is 7.38. The molecule has 0 spiro atoms. The van der Waals surface area contributed by atoms with Crippen LogP contribution in [0, 0.1) is 0 Å². The molecule has 1 fully saturated rings. The number of methoxy groups -OCH3 is 1. The summed E-state index contributed by atoms with van der Waals surface area (Å²) >= 11 is 0. The molecule has 0 aromatic heterocycles. The number of hydrogen-bond donors (Lipinski definition) is 0. The lowest BCUT2D eigenvalue weighted by molar-refractivity contribution is -0.150. The van der Waals surface area contributed by atoms with E-state index in [0.29, 0.717) is 12.8 Å². The number of amides is 1. The van der Waals surface area contributed by atoms with Gasteiger partial charge in [0.1, 0.15) is 17.5 Å². The van der Waals surface area contributed by atoms with Gasteiger partial charge in [-0.05, 0) is 43.2 Å². The van der Waals surface area contributed by atoms with Crippen LogP contribution in [0.2, 0.25) is 0 Å². The molecule has 2 aromatic carbocycles. The third-order valence-corrected chi connectivity index (χ3v) is 4.49. The van der Waals surface area contributed by atoms with Crippen LogP contribution in [-0.4, -0.2) is 29.9 Å². The second-order valence-corrected chi connectivity index (χ2v) is 6.04. The first-order valence-electron chi connectivity index (χ1n) is 8.32. The number of carbonyl (C=O) groups is 2. The van der Waals surface area contributed by atoms with E-state index in [1.54, 1.807) is 4.90 Å². The number of benzene rings is 2. The van der Waals surface area contributed by atoms with Gasteiger partial charge in [-0.25, -0.2) is 4.79 Å². The molecule has 2 unspecified atom stereocenters. The Morgan fingerprint density at radius 2 is 1.72 bits per heavy atom. The zero-order valence-corrected chi connectivity index (χ0v) is 14.3. The first-order valence-corrected chi connectivity index (χ1v) is 8.32. The Labute approximate surface area is 147 Å². The van der Waals surface area contributed by atoms with Gasteiger partial charge in [0.05, 0.1) is 13.2 Å². The van der Waals surface area contributed by atoms with Crippen LogP contribution in [-0.2, 0) is 14.3 Å². The molecule has 0 aliphatic carbocycles. The van der Waals surface area contributed by atoms with Crippen molar-refractivity contribution < 1.29 is 19.1 Å². The van der Waals surface area contributed by atoms with Crippen LogP contribution in [0.4, 0.5) is 0 Å². The third-order valence-electron chi connectivity index (χ3n) is 4.49. The van der Waals surface area contributed by atoms with E-state index in [1.807, 2.05) is 61.5 Å². The fourth-order valence-corrected chi connectivity index (χ4v) is 3.16. The fraction of sp³-hybridized carbons (Fsp3) is 0.300. The maximum absolute atomic E-state index is 12.2. The summed E-state index contributed by atoms with van der Waals surface area (Å²) in [6.07, 6.45) is 0.879. The lowest BCUT2D eigenvalue weighted by atomic mass is 10.1. The Morgan fingerprint density at radius 3 is 2.36 bits per heavy atom. The van der Waals surface area contributed by atoms with Gasteiger partial charge in [0.15, 0.2) is 0 Å². The van der Waals surface area contributed by atoms with Gasteiger partial charge >= 0.3 is 5.97 Å². The maximum atomic E-state index is 12.2. The molecule has 0 N–H and O–H groups in total. The Hall–Kier alpha value is -2.82. The van der Waals surface area contributed by atoms with E-state index in [-0.39, 0.29) is 17.9 Å². The van der Waals surface area contributed by atoms with Crippen LogP contribution >= 0.6 is 0 Å². The van der Waals surface area contributed by atoms with Crippen LogP contribution < -0.4 is 4.74 Å². The summed E-state index contributed by atoms with van der Waals surface area (Å²) in [7, 11) is 1.35. The topological polar surface area (TPSA) is 55.8 Å². The number of rotatable bonds is 5. The van der Waals surface area contributed by atoms with Crippen LogP contribution in [0.15, 0.2) is 54.6 Å². The number of hydrogen-bond acceptors (Lipinski definition) is 4. The van der Waals surface area contributed by atoms with Gasteiger partial charge in [-0.1, -0.05) is 30.3 Å². The van der Waals surface area contributed by atoms with Crippen molar-refractivity contribution in [2.45, 2.75) is 31.8 Å². The summed E-state index contributed by atoms with van der Waals surface area (Å²) in [6, 6.07) is 16.4. The second-order valence-electron chi connectivity index (χ2n) is 6.04. The molecule has 5 nitrogen and oxygen atoms in total. The maximum Gasteiger partial charge on any atom is 0.328 e. The largest absolute Gasteiger partial charge is 0.467 e. The minimum absolute atomic E-state index is 0.0208. The van der Waals surface area contributed by atoms with Crippen LogP contribution in [0.25, 0.3) is 0 Å². The molecule has 2 aromatic rings. The Kier molecular flexibility index (Phi) is 5.03. The fourth-order valence-electron chi connectivity index (χ4n) is 3.16. The molecule has 130 valence electrons. The highest BCUT2D eigenvalue weighted by atomic mass is 16.5. The predicted molar refractivity (Wildman–Crippen MR) is 93.3 cm³/mol. The van der Waals surface area contributed by atoms with E-state index < -0.39 is 6.04 Å². The highest BCUT2D eigenvalue weighted by Gasteiger charge is 2.39. The van der Waals surface area contributed by atoms with Gasteiger partial charge in [-0.3, -0.25) is 4.79 Å². The summed E-state index contributed by atoms with van der Waals surface area (Å²) < 4.78 is 10.6. The van der Waals surface area contributed by atoms with E-state index in [9.17, 15) is 9.59 Å². The van der Waals surface area contributed by atoms with Crippen LogP contribution in [0.1, 0.15) is 31.4 Å². The van der Waals surface area contributed by atoms with E-state index in [4.69, 9.17) is 9.47 Å². The highest BCUT2D eigenvalue weighted by Crippen LogP contribution is 2.32. The van der Waals surface area contributed by atoms with Gasteiger partial charge in [0.25, 0.3) is 0 Å². The molecule has 25 heavy (non-hydrogen) atoms. The predicted octanol–water partition coefficient (Wildman–Crippen LogP) is 3.70. The first-order chi connectivity index (χ1) is 12.1. The molecule has 3 rings (SSSR count). The molecule has 0 bridgehead atoms. The summed E-state index contributed by atoms with van der Waals surface area (Å²) in [4.78, 5) is 25.8. The first kappa shape index (κ1) is 17.0. The minimum atomic E-state index is -0.507. The number of para-hydroxylation sites is 1. The monoisotopic (exact) mass is 339 g/mol. The van der Waals surface area contributed by atoms with Crippen molar-refractivity contribution in [3.63, 3.8) is 0 Å². The van der Waals surface area contributed by atoms with Crippen molar-refractivity contribution in [3.05, 3.63) is 60.2 Å². The molecule has 5 heteroatoms. The quantitative estimate of drug-likeness (QED) is 0.779. The van der Waals surface area contributed by atoms with E-state index in [0.717, 1.165) is 17.1 Å². The van der Waals surface area contributed by atoms with Crippen molar-refractivity contribution in [1.29, 1.82) is 0 Å². The molecule has 1 amide bonds. The van der Waals surface area contributed by atoms with E-state index in [1.165, 1.54) is 7.11 Å². The van der Waals surface area contributed by atoms with Crippen molar-refractivity contribution >= 4 is 11.9 Å². The number of likely N-dealkylation sites (tertiary alicyclic amines) is 1. The zero-order valence-electron chi connectivity index (χ0n) is 14.3. The Bertz CT molecular complexity index is 742. The van der Waals surface area contributed by atoms with Gasteiger partial charge in [-0.15, -0.1) is 0 Å². The highest BCUT2D eigenvalue weighted by molar-refractivity contribution is 5.88. The standard InChI is InChI=1S/C20H21NO4/c1-14(21-18(20(23)24-2)12-13-19(21)22)15-8-10-17(11-9-15)25-16-6-4-3-5-7-16/h3-11,14,18H,12-13H2,1-2H3. The zero-order chi connectivity index (χ0) is 17.8. The molecule has 1 aliphatic rings. The number of esters is 1.